The van der Waals surface area contributed by atoms with Crippen molar-refractivity contribution >= 4 is 21.8 Å². The van der Waals surface area contributed by atoms with Gasteiger partial charge in [-0.25, -0.2) is 4.98 Å². The van der Waals surface area contributed by atoms with Gasteiger partial charge in [-0.05, 0) is 96.0 Å². The molecule has 9 rings (SSSR count). The molecule has 0 bridgehead atoms. The zero-order valence-corrected chi connectivity index (χ0v) is 31.3. The molecule has 258 valence electrons. The quantitative estimate of drug-likeness (QED) is 0.150. The average molecular weight is 850 g/mol. The van der Waals surface area contributed by atoms with E-state index in [1.807, 2.05) is 41.2 Å². The number of rotatable bonds is 7. The van der Waals surface area contributed by atoms with Crippen LogP contribution in [0.2, 0.25) is 0 Å². The van der Waals surface area contributed by atoms with E-state index in [1.165, 1.54) is 86.5 Å². The van der Waals surface area contributed by atoms with Crippen molar-refractivity contribution in [2.45, 2.75) is 83.0 Å². The number of benzene rings is 4. The van der Waals surface area contributed by atoms with Gasteiger partial charge < -0.3 is 9.30 Å². The Hall–Kier alpha value is -4.47. The molecule has 5 nitrogen and oxygen atoms in total. The molecule has 2 aliphatic carbocycles. The largest absolute Gasteiger partial charge is 2.00 e. The van der Waals surface area contributed by atoms with Crippen LogP contribution in [0, 0.1) is 19.1 Å². The number of aryl methyl sites for hydroxylation is 1. The van der Waals surface area contributed by atoms with Crippen molar-refractivity contribution in [1.82, 2.24) is 19.3 Å². The van der Waals surface area contributed by atoms with Crippen LogP contribution in [0.4, 0.5) is 0 Å². The first-order valence-electron chi connectivity index (χ1n) is 18.5. The number of hydrogen-bond donors (Lipinski definition) is 0. The first-order chi connectivity index (χ1) is 24.7. The standard InChI is InChI=1S/C45H42N4O.Pt/c1-31-24-25-46-44(26-31)49-42-21-9-8-18-40(42)41-23-22-37(28-43(41)49)50-36-17-10-16-35(27-36)48-30-34(29-47-48)45-38(32-12-4-2-5-13-32)19-11-20-39(45)33-14-6-3-7-15-33;/h8-11,16-26,29-30,32-33H,2-7,12-15H2,1H3;/q-2;+2. The molecule has 4 aromatic carbocycles. The maximum atomic E-state index is 6.46. The number of fused-ring (bicyclic) bond motifs is 3. The average Bonchev–Trinajstić information content (AvgIpc) is 3.79. The molecule has 2 saturated carbocycles. The molecule has 0 saturated heterocycles. The molecule has 0 amide bonds. The molecule has 0 aliphatic heterocycles. The second-order valence-corrected chi connectivity index (χ2v) is 14.3. The maximum absolute atomic E-state index is 6.46. The fraction of sp³-hybridized carbons (Fsp3) is 0.289. The van der Waals surface area contributed by atoms with Gasteiger partial charge in [-0.1, -0.05) is 80.4 Å². The Morgan fingerprint density at radius 2 is 1.41 bits per heavy atom. The van der Waals surface area contributed by atoms with Crippen LogP contribution in [0.25, 0.3) is 44.4 Å². The Morgan fingerprint density at radius 3 is 2.16 bits per heavy atom. The molecule has 2 fully saturated rings. The summed E-state index contributed by atoms with van der Waals surface area (Å²) >= 11 is 0. The minimum Gasteiger partial charge on any atom is -0.509 e. The van der Waals surface area contributed by atoms with Crippen LogP contribution in [0.5, 0.6) is 11.5 Å². The summed E-state index contributed by atoms with van der Waals surface area (Å²) in [5, 5.41) is 7.18. The summed E-state index contributed by atoms with van der Waals surface area (Å²) < 4.78 is 10.6. The van der Waals surface area contributed by atoms with Gasteiger partial charge in [-0.15, -0.1) is 35.7 Å². The van der Waals surface area contributed by atoms with Gasteiger partial charge in [-0.3, -0.25) is 4.68 Å². The fourth-order valence-electron chi connectivity index (χ4n) is 8.58. The molecule has 2 aliphatic rings. The van der Waals surface area contributed by atoms with E-state index in [1.54, 1.807) is 0 Å². The van der Waals surface area contributed by atoms with Crippen LogP contribution in [-0.2, 0) is 21.1 Å². The first-order valence-corrected chi connectivity index (χ1v) is 18.5. The monoisotopic (exact) mass is 849 g/mol. The van der Waals surface area contributed by atoms with E-state index in [0.29, 0.717) is 23.3 Å². The Morgan fingerprint density at radius 1 is 0.706 bits per heavy atom. The number of nitrogens with zero attached hydrogens (tertiary/aromatic N) is 4. The first kappa shape index (κ1) is 33.7. The van der Waals surface area contributed by atoms with Crippen molar-refractivity contribution in [2.24, 2.45) is 0 Å². The van der Waals surface area contributed by atoms with Crippen molar-refractivity contribution in [3.63, 3.8) is 0 Å². The fourth-order valence-corrected chi connectivity index (χ4v) is 8.58. The van der Waals surface area contributed by atoms with Crippen molar-refractivity contribution < 1.29 is 25.8 Å². The van der Waals surface area contributed by atoms with Crippen molar-refractivity contribution in [1.29, 1.82) is 0 Å². The van der Waals surface area contributed by atoms with Crippen LogP contribution in [-0.4, -0.2) is 19.3 Å². The number of para-hydroxylation sites is 1. The van der Waals surface area contributed by atoms with E-state index in [4.69, 9.17) is 14.8 Å². The number of aromatic nitrogens is 4. The van der Waals surface area contributed by atoms with Crippen molar-refractivity contribution in [3.05, 3.63) is 132 Å². The zero-order valence-electron chi connectivity index (χ0n) is 29.1. The van der Waals surface area contributed by atoms with E-state index < -0.39 is 0 Å². The smallest absolute Gasteiger partial charge is 0.509 e. The predicted molar refractivity (Wildman–Crippen MR) is 202 cm³/mol. The SMILES string of the molecule is Cc1ccnc(-n2c3[c-]c(Oc4[c-]c(-n5cc(-c6c(C7CCCCC7)cccc6C6CCCCC6)cn5)ccc4)ccc3c3ccccc32)c1.[Pt+2]. The maximum Gasteiger partial charge on any atom is 2.00 e. The molecular weight excluding hydrogens is 808 g/mol. The minimum atomic E-state index is 0. The van der Waals surface area contributed by atoms with Gasteiger partial charge in [-0.2, -0.15) is 17.2 Å². The Kier molecular flexibility index (Phi) is 9.66. The second kappa shape index (κ2) is 14.6. The molecule has 0 N–H and O–H groups in total. The summed E-state index contributed by atoms with van der Waals surface area (Å²) in [6.07, 6.45) is 19.3. The van der Waals surface area contributed by atoms with Crippen LogP contribution < -0.4 is 4.74 Å². The van der Waals surface area contributed by atoms with Crippen LogP contribution in [0.1, 0.15) is 92.7 Å². The summed E-state index contributed by atoms with van der Waals surface area (Å²) in [6, 6.07) is 36.9. The molecule has 3 aromatic heterocycles. The van der Waals surface area contributed by atoms with Gasteiger partial charge in [0.05, 0.1) is 6.20 Å². The van der Waals surface area contributed by atoms with E-state index in [2.05, 4.69) is 90.6 Å². The van der Waals surface area contributed by atoms with Gasteiger partial charge in [0.25, 0.3) is 0 Å². The molecule has 7 aromatic rings. The summed E-state index contributed by atoms with van der Waals surface area (Å²) in [7, 11) is 0. The topological polar surface area (TPSA) is 44.9 Å². The Bertz CT molecular complexity index is 2270. The van der Waals surface area contributed by atoms with E-state index in [9.17, 15) is 0 Å². The Balaban J connectivity index is 0.00000374. The van der Waals surface area contributed by atoms with E-state index in [-0.39, 0.29) is 21.1 Å². The molecule has 6 heteroatoms. The van der Waals surface area contributed by atoms with Gasteiger partial charge in [0, 0.05) is 35.0 Å². The molecule has 3 heterocycles. The molecule has 0 radical (unpaired) electrons. The summed E-state index contributed by atoms with van der Waals surface area (Å²) in [5.41, 5.74) is 9.73. The van der Waals surface area contributed by atoms with Gasteiger partial charge >= 0.3 is 21.1 Å². The number of pyridine rings is 1. The molecule has 0 atom stereocenters. The third kappa shape index (κ3) is 6.58. The summed E-state index contributed by atoms with van der Waals surface area (Å²) in [5.74, 6) is 3.37. The van der Waals surface area contributed by atoms with Crippen molar-refractivity contribution in [3.8, 4) is 34.1 Å². The minimum absolute atomic E-state index is 0. The zero-order chi connectivity index (χ0) is 33.4. The van der Waals surface area contributed by atoms with Crippen LogP contribution in [0.15, 0.2) is 104 Å². The molecule has 0 spiro atoms. The van der Waals surface area contributed by atoms with Crippen LogP contribution >= 0.6 is 0 Å². The van der Waals surface area contributed by atoms with Gasteiger partial charge in [0.15, 0.2) is 0 Å². The third-order valence-corrected chi connectivity index (χ3v) is 11.0. The van der Waals surface area contributed by atoms with E-state index in [0.717, 1.165) is 38.9 Å². The molecular formula is C45H42N4OPt. The second-order valence-electron chi connectivity index (χ2n) is 14.3. The van der Waals surface area contributed by atoms with Gasteiger partial charge in [0.1, 0.15) is 5.82 Å². The summed E-state index contributed by atoms with van der Waals surface area (Å²) in [6.45, 7) is 2.09. The normalized spacial score (nSPS) is 15.6. The number of hydrogen-bond acceptors (Lipinski definition) is 3. The van der Waals surface area contributed by atoms with Crippen molar-refractivity contribution in [2.75, 3.05) is 0 Å². The van der Waals surface area contributed by atoms with Crippen LogP contribution in [0.3, 0.4) is 0 Å². The summed E-state index contributed by atoms with van der Waals surface area (Å²) in [4.78, 5) is 4.71. The Labute approximate surface area is 315 Å². The molecule has 0 unspecified atom stereocenters. The predicted octanol–water partition coefficient (Wildman–Crippen LogP) is 11.8. The van der Waals surface area contributed by atoms with E-state index >= 15 is 0 Å². The number of ether oxygens (including phenoxy) is 1. The molecule has 51 heavy (non-hydrogen) atoms. The third-order valence-electron chi connectivity index (χ3n) is 11.0. The van der Waals surface area contributed by atoms with Gasteiger partial charge in [0.2, 0.25) is 0 Å².